The standard InChI is InChI=1S/C23H28N6O/c1-18-13-19(25-23-24-17-29(26-23)20-5-3-2-4-6-20)15-22(14-18)28-10-8-27(9-11-28)21-7-12-30-16-21/h2-6,13-15,17,21H,7-12,16H2,1H3,(H,25,26)/i21D. The van der Waals surface area contributed by atoms with Gasteiger partial charge in [-0.1, -0.05) is 18.2 Å². The van der Waals surface area contributed by atoms with E-state index in [2.05, 4.69) is 50.3 Å². The number of rotatable bonds is 5. The first-order valence-electron chi connectivity index (χ1n) is 11.0. The zero-order valence-corrected chi connectivity index (χ0v) is 17.3. The molecule has 1 aromatic heterocycles. The molecular formula is C23H28N6O. The SMILES string of the molecule is [2H]C1(N2CCN(c3cc(C)cc(Nc4ncn(-c5ccccc5)n4)c3)CC2)CCOC1. The average molecular weight is 406 g/mol. The third-order valence-corrected chi connectivity index (χ3v) is 5.73. The minimum Gasteiger partial charge on any atom is -0.380 e. The van der Waals surface area contributed by atoms with Gasteiger partial charge in [0.05, 0.1) is 12.3 Å². The van der Waals surface area contributed by atoms with Gasteiger partial charge in [-0.3, -0.25) is 4.90 Å². The normalized spacial score (nSPS) is 22.8. The van der Waals surface area contributed by atoms with Crippen LogP contribution in [0.15, 0.2) is 54.9 Å². The third kappa shape index (κ3) is 4.17. The van der Waals surface area contributed by atoms with E-state index in [0.29, 0.717) is 19.2 Å². The molecule has 2 fully saturated rings. The first-order chi connectivity index (χ1) is 15.1. The van der Waals surface area contributed by atoms with Gasteiger partial charge in [0.2, 0.25) is 5.95 Å². The van der Waals surface area contributed by atoms with Crippen molar-refractivity contribution in [2.75, 3.05) is 49.6 Å². The van der Waals surface area contributed by atoms with Crippen molar-refractivity contribution in [1.29, 1.82) is 0 Å². The smallest absolute Gasteiger partial charge is 0.246 e. The summed E-state index contributed by atoms with van der Waals surface area (Å²) in [7, 11) is 0. The maximum atomic E-state index is 8.66. The average Bonchev–Trinajstić information content (AvgIpc) is 3.44. The van der Waals surface area contributed by atoms with Gasteiger partial charge in [-0.25, -0.2) is 4.68 Å². The summed E-state index contributed by atoms with van der Waals surface area (Å²) in [6, 6.07) is 15.9. The molecule has 0 amide bonds. The van der Waals surface area contributed by atoms with E-state index in [1.165, 1.54) is 11.3 Å². The fourth-order valence-electron chi connectivity index (χ4n) is 4.15. The molecule has 2 aliphatic heterocycles. The van der Waals surface area contributed by atoms with Crippen molar-refractivity contribution in [3.8, 4) is 5.69 Å². The number of benzene rings is 2. The Morgan fingerprint density at radius 1 is 1.07 bits per heavy atom. The summed E-state index contributed by atoms with van der Waals surface area (Å²) in [5, 5.41) is 7.90. The molecule has 30 heavy (non-hydrogen) atoms. The summed E-state index contributed by atoms with van der Waals surface area (Å²) in [5.74, 6) is 0.572. The highest BCUT2D eigenvalue weighted by atomic mass is 16.5. The van der Waals surface area contributed by atoms with E-state index < -0.39 is 6.02 Å². The highest BCUT2D eigenvalue weighted by molar-refractivity contribution is 5.64. The van der Waals surface area contributed by atoms with E-state index in [-0.39, 0.29) is 0 Å². The van der Waals surface area contributed by atoms with Crippen LogP contribution in [0.25, 0.3) is 5.69 Å². The zero-order valence-electron chi connectivity index (χ0n) is 18.3. The molecule has 7 heteroatoms. The van der Waals surface area contributed by atoms with Crippen LogP contribution in [0.4, 0.5) is 17.3 Å². The Kier molecular flexibility index (Phi) is 5.05. The van der Waals surface area contributed by atoms with Crippen LogP contribution >= 0.6 is 0 Å². The number of anilines is 3. The topological polar surface area (TPSA) is 58.5 Å². The van der Waals surface area contributed by atoms with Gasteiger partial charge < -0.3 is 15.0 Å². The molecule has 0 radical (unpaired) electrons. The first-order valence-corrected chi connectivity index (χ1v) is 10.5. The van der Waals surface area contributed by atoms with E-state index in [4.69, 9.17) is 6.11 Å². The number of nitrogens with one attached hydrogen (secondary N) is 1. The second kappa shape index (κ2) is 8.45. The van der Waals surface area contributed by atoms with Gasteiger partial charge in [-0.15, -0.1) is 5.10 Å². The van der Waals surface area contributed by atoms with Gasteiger partial charge in [0, 0.05) is 51.5 Å². The Morgan fingerprint density at radius 2 is 1.90 bits per heavy atom. The van der Waals surface area contributed by atoms with E-state index in [0.717, 1.165) is 44.0 Å². The Labute approximate surface area is 178 Å². The Morgan fingerprint density at radius 3 is 2.67 bits per heavy atom. The monoisotopic (exact) mass is 405 g/mol. The number of nitrogens with zero attached hydrogens (tertiary/aromatic N) is 5. The van der Waals surface area contributed by atoms with Crippen molar-refractivity contribution in [1.82, 2.24) is 19.7 Å². The van der Waals surface area contributed by atoms with Crippen molar-refractivity contribution < 1.29 is 6.11 Å². The van der Waals surface area contributed by atoms with Crippen molar-refractivity contribution >= 4 is 17.3 Å². The van der Waals surface area contributed by atoms with Crippen LogP contribution in [-0.2, 0) is 4.74 Å². The minimum absolute atomic E-state index is 0.522. The summed E-state index contributed by atoms with van der Waals surface area (Å²) < 4.78 is 15.9. The van der Waals surface area contributed by atoms with Crippen molar-refractivity contribution in [3.05, 3.63) is 60.4 Å². The molecule has 0 aliphatic carbocycles. The minimum atomic E-state index is -0.547. The highest BCUT2D eigenvalue weighted by Crippen LogP contribution is 2.26. The van der Waals surface area contributed by atoms with Gasteiger partial charge >= 0.3 is 0 Å². The molecule has 0 bridgehead atoms. The van der Waals surface area contributed by atoms with Crippen LogP contribution in [0, 0.1) is 6.92 Å². The number of piperazine rings is 1. The largest absolute Gasteiger partial charge is 0.380 e. The van der Waals surface area contributed by atoms with Crippen LogP contribution in [0.1, 0.15) is 13.4 Å². The second-order valence-corrected chi connectivity index (χ2v) is 7.87. The molecule has 0 spiro atoms. The molecule has 2 aliphatic rings. The predicted molar refractivity (Wildman–Crippen MR) is 119 cm³/mol. The molecule has 156 valence electrons. The first kappa shape index (κ1) is 17.9. The fourth-order valence-corrected chi connectivity index (χ4v) is 4.15. The second-order valence-electron chi connectivity index (χ2n) is 7.87. The molecule has 1 unspecified atom stereocenters. The lowest BCUT2D eigenvalue weighted by atomic mass is 10.1. The number of aromatic nitrogens is 3. The summed E-state index contributed by atoms with van der Waals surface area (Å²) in [4.78, 5) is 9.07. The van der Waals surface area contributed by atoms with E-state index in [1.54, 1.807) is 11.0 Å². The summed E-state index contributed by atoms with van der Waals surface area (Å²) in [6.07, 6.45) is 2.52. The molecule has 3 heterocycles. The van der Waals surface area contributed by atoms with Gasteiger partial charge in [0.1, 0.15) is 6.33 Å². The molecule has 1 atom stereocenters. The molecule has 5 rings (SSSR count). The van der Waals surface area contributed by atoms with E-state index in [9.17, 15) is 0 Å². The molecule has 7 nitrogen and oxygen atoms in total. The van der Waals surface area contributed by atoms with Gasteiger partial charge in [-0.2, -0.15) is 4.98 Å². The van der Waals surface area contributed by atoms with Gasteiger partial charge in [0.25, 0.3) is 0 Å². The quantitative estimate of drug-likeness (QED) is 0.703. The van der Waals surface area contributed by atoms with E-state index >= 15 is 0 Å². The van der Waals surface area contributed by atoms with Crippen LogP contribution < -0.4 is 10.2 Å². The number of aryl methyl sites for hydroxylation is 1. The van der Waals surface area contributed by atoms with Gasteiger partial charge in [-0.05, 0) is 49.2 Å². The highest BCUT2D eigenvalue weighted by Gasteiger charge is 2.27. The predicted octanol–water partition coefficient (Wildman–Crippen LogP) is 3.23. The number of para-hydroxylation sites is 1. The Hall–Kier alpha value is -2.90. The Balaban J connectivity index is 1.27. The van der Waals surface area contributed by atoms with Crippen LogP contribution in [0.3, 0.4) is 0 Å². The van der Waals surface area contributed by atoms with Crippen molar-refractivity contribution in [3.63, 3.8) is 0 Å². The fraction of sp³-hybridized carbons (Fsp3) is 0.391. The maximum Gasteiger partial charge on any atom is 0.246 e. The molecule has 1 N–H and O–H groups in total. The molecule has 2 saturated heterocycles. The summed E-state index contributed by atoms with van der Waals surface area (Å²) >= 11 is 0. The lowest BCUT2D eigenvalue weighted by Gasteiger charge is -2.38. The Bertz CT molecular complexity index is 1030. The number of hydrogen-bond donors (Lipinski definition) is 1. The lowest BCUT2D eigenvalue weighted by Crippen LogP contribution is -2.50. The van der Waals surface area contributed by atoms with Crippen LogP contribution in [0.2, 0.25) is 0 Å². The summed E-state index contributed by atoms with van der Waals surface area (Å²) in [6.45, 7) is 6.91. The van der Waals surface area contributed by atoms with Crippen molar-refractivity contribution in [2.45, 2.75) is 19.4 Å². The van der Waals surface area contributed by atoms with E-state index in [1.807, 2.05) is 30.3 Å². The summed E-state index contributed by atoms with van der Waals surface area (Å²) in [5.41, 5.74) is 4.33. The number of hydrogen-bond acceptors (Lipinski definition) is 6. The van der Waals surface area contributed by atoms with Crippen LogP contribution in [0.5, 0.6) is 0 Å². The lowest BCUT2D eigenvalue weighted by molar-refractivity contribution is 0.139. The third-order valence-electron chi connectivity index (χ3n) is 5.73. The van der Waals surface area contributed by atoms with Crippen molar-refractivity contribution in [2.24, 2.45) is 0 Å². The van der Waals surface area contributed by atoms with Crippen LogP contribution in [-0.4, -0.2) is 65.1 Å². The van der Waals surface area contributed by atoms with Gasteiger partial charge in [0.15, 0.2) is 0 Å². The zero-order chi connectivity index (χ0) is 21.3. The molecule has 3 aromatic rings. The number of ether oxygens (including phenoxy) is 1. The molecular weight excluding hydrogens is 376 g/mol. The molecule has 2 aromatic carbocycles. The maximum absolute atomic E-state index is 8.66. The molecule has 0 saturated carbocycles.